The Morgan fingerprint density at radius 2 is 1.81 bits per heavy atom. The van der Waals surface area contributed by atoms with Gasteiger partial charge < -0.3 is 13.9 Å². The maximum absolute atomic E-state index is 14.2. The zero-order valence-corrected chi connectivity index (χ0v) is 20.5. The van der Waals surface area contributed by atoms with Gasteiger partial charge in [0.25, 0.3) is 0 Å². The van der Waals surface area contributed by atoms with Crippen LogP contribution in [0.5, 0.6) is 5.75 Å². The van der Waals surface area contributed by atoms with Gasteiger partial charge in [-0.25, -0.2) is 4.99 Å². The summed E-state index contributed by atoms with van der Waals surface area (Å²) in [5.41, 5.74) is 2.37. The van der Waals surface area contributed by atoms with Gasteiger partial charge >= 0.3 is 6.18 Å². The highest BCUT2D eigenvalue weighted by molar-refractivity contribution is 5.81. The first kappa shape index (κ1) is 24.9. The minimum absolute atomic E-state index is 0.0946. The molecular formula is C30H28F3NO3. The highest BCUT2D eigenvalue weighted by Gasteiger charge is 2.40. The van der Waals surface area contributed by atoms with E-state index >= 15 is 0 Å². The molecule has 3 aliphatic rings. The molecule has 0 radical (unpaired) electrons. The molecule has 0 spiro atoms. The van der Waals surface area contributed by atoms with E-state index < -0.39 is 11.7 Å². The number of ether oxygens (including phenoxy) is 2. The van der Waals surface area contributed by atoms with Crippen molar-refractivity contribution in [2.75, 3.05) is 6.61 Å². The second-order valence-corrected chi connectivity index (χ2v) is 9.42. The fraction of sp³-hybridized carbons (Fsp3) is 0.300. The van der Waals surface area contributed by atoms with Crippen LogP contribution in [-0.2, 0) is 4.74 Å². The van der Waals surface area contributed by atoms with Crippen LogP contribution in [0.1, 0.15) is 38.2 Å². The molecule has 37 heavy (non-hydrogen) atoms. The number of furan rings is 1. The molecule has 0 bridgehead atoms. The average molecular weight is 508 g/mol. The van der Waals surface area contributed by atoms with Gasteiger partial charge in [0, 0.05) is 18.4 Å². The molecule has 0 saturated carbocycles. The third-order valence-corrected chi connectivity index (χ3v) is 6.61. The first-order chi connectivity index (χ1) is 17.8. The molecule has 192 valence electrons. The lowest BCUT2D eigenvalue weighted by atomic mass is 9.82. The van der Waals surface area contributed by atoms with Gasteiger partial charge in [-0.2, -0.15) is 13.2 Å². The molecular weight excluding hydrogens is 479 g/mol. The molecule has 2 unspecified atom stereocenters. The first-order valence-electron chi connectivity index (χ1n) is 12.4. The summed E-state index contributed by atoms with van der Waals surface area (Å²) in [6.07, 6.45) is 9.17. The van der Waals surface area contributed by atoms with Gasteiger partial charge in [-0.3, -0.25) is 0 Å². The van der Waals surface area contributed by atoms with Crippen LogP contribution in [0.15, 0.2) is 111 Å². The molecule has 7 heteroatoms. The molecule has 1 aromatic carbocycles. The average Bonchev–Trinajstić information content (AvgIpc) is 3.26. The monoisotopic (exact) mass is 507 g/mol. The lowest BCUT2D eigenvalue weighted by molar-refractivity contribution is -0.0900. The third kappa shape index (κ3) is 6.16. The van der Waals surface area contributed by atoms with Gasteiger partial charge in [-0.05, 0) is 66.7 Å². The highest BCUT2D eigenvalue weighted by atomic mass is 19.4. The molecule has 4 nitrogen and oxygen atoms in total. The van der Waals surface area contributed by atoms with Crippen molar-refractivity contribution in [1.29, 1.82) is 0 Å². The number of halogens is 3. The predicted octanol–water partition coefficient (Wildman–Crippen LogP) is 7.99. The highest BCUT2D eigenvalue weighted by Crippen LogP contribution is 2.44. The summed E-state index contributed by atoms with van der Waals surface area (Å²) in [5, 5.41) is 0. The normalized spacial score (nSPS) is 22.1. The summed E-state index contributed by atoms with van der Waals surface area (Å²) in [6.45, 7) is 2.24. The summed E-state index contributed by atoms with van der Waals surface area (Å²) in [7, 11) is 0. The van der Waals surface area contributed by atoms with Crippen LogP contribution in [0.2, 0.25) is 0 Å². The Morgan fingerprint density at radius 1 is 1.00 bits per heavy atom. The van der Waals surface area contributed by atoms with Gasteiger partial charge in [-0.1, -0.05) is 42.5 Å². The maximum atomic E-state index is 14.2. The second-order valence-electron chi connectivity index (χ2n) is 9.42. The summed E-state index contributed by atoms with van der Waals surface area (Å²) < 4.78 is 59.7. The number of fused-ring (bicyclic) bond motifs is 1. The van der Waals surface area contributed by atoms with E-state index in [9.17, 15) is 13.2 Å². The lowest BCUT2D eigenvalue weighted by Crippen LogP contribution is -2.20. The second kappa shape index (κ2) is 10.7. The van der Waals surface area contributed by atoms with Crippen molar-refractivity contribution >= 4 is 11.5 Å². The van der Waals surface area contributed by atoms with Crippen molar-refractivity contribution in [3.05, 3.63) is 107 Å². The minimum Gasteiger partial charge on any atom is -0.487 e. The zero-order chi connectivity index (χ0) is 25.8. The minimum atomic E-state index is -4.48. The molecule has 5 rings (SSSR count). The van der Waals surface area contributed by atoms with Crippen LogP contribution < -0.4 is 4.74 Å². The fourth-order valence-electron chi connectivity index (χ4n) is 4.72. The molecule has 2 aliphatic carbocycles. The molecule has 0 amide bonds. The van der Waals surface area contributed by atoms with E-state index in [2.05, 4.69) is 4.99 Å². The van der Waals surface area contributed by atoms with Crippen LogP contribution in [0.4, 0.5) is 13.2 Å². The summed E-state index contributed by atoms with van der Waals surface area (Å²) in [5.74, 6) is 0.983. The standard InChI is InChI=1S/C30H28F3NO3/c1-20-7-12-25(19-36-26-5-3-2-4-6-26)34-29(37-20)16-21-8-9-22-10-11-23(24-13-14-35-18-24)17-28(27(22)15-21)30(31,32)33/h2-6,8,11-15,17-18,20,22H,7,9-10,16,19H2,1H3. The Labute approximate surface area is 214 Å². The number of rotatable bonds is 6. The van der Waals surface area contributed by atoms with Crippen molar-refractivity contribution < 1.29 is 27.1 Å². The van der Waals surface area contributed by atoms with E-state index in [1.54, 1.807) is 12.1 Å². The number of allylic oxidation sites excluding steroid dienone is 7. The van der Waals surface area contributed by atoms with Crippen molar-refractivity contribution in [3.63, 3.8) is 0 Å². The fourth-order valence-corrected chi connectivity index (χ4v) is 4.72. The van der Waals surface area contributed by atoms with Gasteiger partial charge in [0.15, 0.2) is 5.90 Å². The molecule has 0 N–H and O–H groups in total. The smallest absolute Gasteiger partial charge is 0.416 e. The van der Waals surface area contributed by atoms with Crippen molar-refractivity contribution in [3.8, 4) is 5.75 Å². The summed E-state index contributed by atoms with van der Waals surface area (Å²) in [6, 6.07) is 11.2. The van der Waals surface area contributed by atoms with E-state index in [0.29, 0.717) is 48.3 Å². The molecule has 2 aromatic rings. The van der Waals surface area contributed by atoms with Crippen molar-refractivity contribution in [2.45, 2.75) is 44.9 Å². The van der Waals surface area contributed by atoms with E-state index in [1.807, 2.05) is 55.5 Å². The largest absolute Gasteiger partial charge is 0.487 e. The van der Waals surface area contributed by atoms with E-state index in [0.717, 1.165) is 17.0 Å². The molecule has 2 atom stereocenters. The van der Waals surface area contributed by atoms with Gasteiger partial charge in [-0.15, -0.1) is 0 Å². The zero-order valence-electron chi connectivity index (χ0n) is 20.5. The van der Waals surface area contributed by atoms with Crippen LogP contribution in [-0.4, -0.2) is 24.8 Å². The van der Waals surface area contributed by atoms with Gasteiger partial charge in [0.2, 0.25) is 0 Å². The lowest BCUT2D eigenvalue weighted by Gasteiger charge is -2.25. The molecule has 0 fully saturated rings. The number of aliphatic imine (C=N–C) groups is 1. The summed E-state index contributed by atoms with van der Waals surface area (Å²) in [4.78, 5) is 4.67. The topological polar surface area (TPSA) is 44.0 Å². The number of para-hydroxylation sites is 1. The maximum Gasteiger partial charge on any atom is 0.416 e. The van der Waals surface area contributed by atoms with Gasteiger partial charge in [0.05, 0.1) is 23.8 Å². The summed E-state index contributed by atoms with van der Waals surface area (Å²) >= 11 is 0. The number of nitrogens with zero attached hydrogens (tertiary/aromatic N) is 1. The van der Waals surface area contributed by atoms with Crippen molar-refractivity contribution in [2.24, 2.45) is 10.9 Å². The van der Waals surface area contributed by atoms with E-state index in [4.69, 9.17) is 13.9 Å². The Morgan fingerprint density at radius 3 is 2.57 bits per heavy atom. The molecule has 0 saturated heterocycles. The Bertz CT molecular complexity index is 1300. The van der Waals surface area contributed by atoms with Gasteiger partial charge in [0.1, 0.15) is 18.5 Å². The first-order valence-corrected chi connectivity index (χ1v) is 12.4. The van der Waals surface area contributed by atoms with Crippen molar-refractivity contribution in [1.82, 2.24) is 0 Å². The van der Waals surface area contributed by atoms with Crippen LogP contribution in [0, 0.1) is 5.92 Å². The van der Waals surface area contributed by atoms with Crippen LogP contribution >= 0.6 is 0 Å². The van der Waals surface area contributed by atoms with Crippen LogP contribution in [0.3, 0.4) is 0 Å². The Hall–Kier alpha value is -3.74. The number of benzene rings is 1. The number of hydrogen-bond acceptors (Lipinski definition) is 4. The predicted molar refractivity (Wildman–Crippen MR) is 137 cm³/mol. The third-order valence-electron chi connectivity index (χ3n) is 6.61. The molecule has 1 aromatic heterocycles. The quantitative estimate of drug-likeness (QED) is 0.398. The molecule has 1 aliphatic heterocycles. The Balaban J connectivity index is 1.37. The Kier molecular flexibility index (Phi) is 7.22. The van der Waals surface area contributed by atoms with Crippen LogP contribution in [0.25, 0.3) is 5.57 Å². The number of alkyl halides is 3. The van der Waals surface area contributed by atoms with E-state index in [1.165, 1.54) is 18.6 Å². The SMILES string of the molecule is CC1CC=C(COc2ccccc2)N=C(CC2=CCC3CC=C(c4ccoc4)C=C(C(F)(F)F)C3=C2)O1. The number of hydrogen-bond donors (Lipinski definition) is 0. The van der Waals surface area contributed by atoms with E-state index in [-0.39, 0.29) is 18.6 Å². The molecule has 2 heterocycles.